The summed E-state index contributed by atoms with van der Waals surface area (Å²) in [6.45, 7) is 0.413. The number of aromatic nitrogens is 5. The van der Waals surface area contributed by atoms with Crippen LogP contribution in [0.3, 0.4) is 0 Å². The lowest BCUT2D eigenvalue weighted by molar-refractivity contribution is 0.808. The van der Waals surface area contributed by atoms with Crippen LogP contribution in [0.2, 0.25) is 0 Å². The van der Waals surface area contributed by atoms with Crippen molar-refractivity contribution >= 4 is 5.82 Å². The monoisotopic (exact) mass is 206 g/mol. The van der Waals surface area contributed by atoms with Crippen LogP contribution >= 0.6 is 0 Å². The fourth-order valence-electron chi connectivity index (χ4n) is 1.11. The summed E-state index contributed by atoms with van der Waals surface area (Å²) >= 11 is 0. The SMILES string of the molecule is Cn1cnnc1CNc1ncc[nH]c1=O. The first-order valence-electron chi connectivity index (χ1n) is 4.38. The van der Waals surface area contributed by atoms with Crippen molar-refractivity contribution in [3.8, 4) is 0 Å². The van der Waals surface area contributed by atoms with Gasteiger partial charge in [0.15, 0.2) is 11.6 Å². The maximum absolute atomic E-state index is 11.2. The van der Waals surface area contributed by atoms with Crippen molar-refractivity contribution in [1.29, 1.82) is 0 Å². The van der Waals surface area contributed by atoms with Crippen LogP contribution in [0, 0.1) is 0 Å². The van der Waals surface area contributed by atoms with E-state index in [-0.39, 0.29) is 11.4 Å². The molecule has 2 rings (SSSR count). The molecule has 0 radical (unpaired) electrons. The molecule has 0 saturated carbocycles. The molecule has 0 aliphatic carbocycles. The third-order valence-electron chi connectivity index (χ3n) is 1.93. The molecule has 7 nitrogen and oxygen atoms in total. The highest BCUT2D eigenvalue weighted by atomic mass is 16.1. The van der Waals surface area contributed by atoms with E-state index in [0.29, 0.717) is 6.54 Å². The van der Waals surface area contributed by atoms with E-state index in [4.69, 9.17) is 0 Å². The van der Waals surface area contributed by atoms with Crippen LogP contribution in [-0.4, -0.2) is 24.7 Å². The molecule has 2 aromatic rings. The van der Waals surface area contributed by atoms with Crippen LogP contribution in [0.5, 0.6) is 0 Å². The highest BCUT2D eigenvalue weighted by Gasteiger charge is 2.02. The van der Waals surface area contributed by atoms with E-state index in [9.17, 15) is 4.79 Å². The zero-order chi connectivity index (χ0) is 10.7. The minimum Gasteiger partial charge on any atom is -0.358 e. The highest BCUT2D eigenvalue weighted by molar-refractivity contribution is 5.30. The molecule has 0 aliphatic heterocycles. The molecule has 2 aromatic heterocycles. The van der Waals surface area contributed by atoms with E-state index in [1.54, 1.807) is 10.9 Å². The standard InChI is InChI=1S/C8H10N6O/c1-14-5-12-13-6(14)4-11-7-8(15)10-3-2-9-7/h2-3,5H,4H2,1H3,(H,9,11)(H,10,15). The molecule has 0 spiro atoms. The Hall–Kier alpha value is -2.18. The average molecular weight is 206 g/mol. The second-order valence-corrected chi connectivity index (χ2v) is 2.98. The van der Waals surface area contributed by atoms with Gasteiger partial charge >= 0.3 is 0 Å². The summed E-state index contributed by atoms with van der Waals surface area (Å²) in [7, 11) is 1.83. The van der Waals surface area contributed by atoms with Crippen molar-refractivity contribution in [2.24, 2.45) is 7.05 Å². The van der Waals surface area contributed by atoms with Crippen molar-refractivity contribution < 1.29 is 0 Å². The summed E-state index contributed by atoms with van der Waals surface area (Å²) in [5.41, 5.74) is -0.250. The van der Waals surface area contributed by atoms with Gasteiger partial charge in [0.1, 0.15) is 6.33 Å². The predicted molar refractivity (Wildman–Crippen MR) is 53.2 cm³/mol. The van der Waals surface area contributed by atoms with Crippen LogP contribution in [0.25, 0.3) is 0 Å². The van der Waals surface area contributed by atoms with Crippen LogP contribution in [0.1, 0.15) is 5.82 Å². The quantitative estimate of drug-likeness (QED) is 0.707. The van der Waals surface area contributed by atoms with Gasteiger partial charge < -0.3 is 14.9 Å². The first kappa shape index (κ1) is 9.38. The normalized spacial score (nSPS) is 10.2. The highest BCUT2D eigenvalue weighted by Crippen LogP contribution is 1.96. The lowest BCUT2D eigenvalue weighted by Crippen LogP contribution is -2.16. The fourth-order valence-corrected chi connectivity index (χ4v) is 1.11. The molecule has 0 amide bonds. The molecule has 78 valence electrons. The fraction of sp³-hybridized carbons (Fsp3) is 0.250. The third kappa shape index (κ3) is 2.01. The van der Waals surface area contributed by atoms with Gasteiger partial charge in [0, 0.05) is 19.4 Å². The van der Waals surface area contributed by atoms with E-state index in [0.717, 1.165) is 5.82 Å². The number of H-pyrrole nitrogens is 1. The maximum Gasteiger partial charge on any atom is 0.290 e. The van der Waals surface area contributed by atoms with Crippen molar-refractivity contribution in [3.05, 3.63) is 34.9 Å². The number of nitrogens with zero attached hydrogens (tertiary/aromatic N) is 4. The Morgan fingerprint density at radius 1 is 1.60 bits per heavy atom. The molecule has 2 heterocycles. The molecule has 0 fully saturated rings. The molecule has 0 aromatic carbocycles. The van der Waals surface area contributed by atoms with Gasteiger partial charge in [-0.1, -0.05) is 0 Å². The lowest BCUT2D eigenvalue weighted by Gasteiger charge is -2.02. The van der Waals surface area contributed by atoms with Gasteiger partial charge in [0.05, 0.1) is 6.54 Å². The largest absolute Gasteiger partial charge is 0.358 e. The molecule has 0 unspecified atom stereocenters. The van der Waals surface area contributed by atoms with Crippen molar-refractivity contribution in [2.45, 2.75) is 6.54 Å². The number of hydrogen-bond donors (Lipinski definition) is 2. The molecule has 15 heavy (non-hydrogen) atoms. The molecule has 0 aliphatic rings. The van der Waals surface area contributed by atoms with Gasteiger partial charge in [0.25, 0.3) is 5.56 Å². The van der Waals surface area contributed by atoms with E-state index < -0.39 is 0 Å². The topological polar surface area (TPSA) is 88.5 Å². The van der Waals surface area contributed by atoms with Crippen molar-refractivity contribution in [3.63, 3.8) is 0 Å². The number of nitrogens with one attached hydrogen (secondary N) is 2. The number of anilines is 1. The average Bonchev–Trinajstić information content (AvgIpc) is 2.63. The third-order valence-corrected chi connectivity index (χ3v) is 1.93. The summed E-state index contributed by atoms with van der Waals surface area (Å²) in [5, 5.41) is 10.5. The minimum atomic E-state index is -0.250. The van der Waals surface area contributed by atoms with Gasteiger partial charge in [-0.3, -0.25) is 4.79 Å². The first-order valence-corrected chi connectivity index (χ1v) is 4.38. The Labute approximate surface area is 85.2 Å². The zero-order valence-electron chi connectivity index (χ0n) is 8.14. The molecule has 0 saturated heterocycles. The molecular weight excluding hydrogens is 196 g/mol. The summed E-state index contributed by atoms with van der Waals surface area (Å²) in [4.78, 5) is 17.7. The Morgan fingerprint density at radius 3 is 3.13 bits per heavy atom. The van der Waals surface area contributed by atoms with E-state index >= 15 is 0 Å². The Morgan fingerprint density at radius 2 is 2.47 bits per heavy atom. The first-order chi connectivity index (χ1) is 7.27. The number of rotatable bonds is 3. The maximum atomic E-state index is 11.2. The Kier molecular flexibility index (Phi) is 2.44. The lowest BCUT2D eigenvalue weighted by atomic mass is 10.5. The van der Waals surface area contributed by atoms with Gasteiger partial charge in [0.2, 0.25) is 0 Å². The second-order valence-electron chi connectivity index (χ2n) is 2.98. The second kappa shape index (κ2) is 3.91. The smallest absolute Gasteiger partial charge is 0.290 e. The van der Waals surface area contributed by atoms with E-state index in [2.05, 4.69) is 25.5 Å². The van der Waals surface area contributed by atoms with Crippen LogP contribution in [-0.2, 0) is 13.6 Å². The number of hydrogen-bond acceptors (Lipinski definition) is 5. The van der Waals surface area contributed by atoms with Crippen molar-refractivity contribution in [1.82, 2.24) is 24.7 Å². The van der Waals surface area contributed by atoms with Crippen molar-refractivity contribution in [2.75, 3.05) is 5.32 Å². The summed E-state index contributed by atoms with van der Waals surface area (Å²) in [6.07, 6.45) is 4.59. The summed E-state index contributed by atoms with van der Waals surface area (Å²) in [5.74, 6) is 1.01. The van der Waals surface area contributed by atoms with Crippen LogP contribution in [0.4, 0.5) is 5.82 Å². The van der Waals surface area contributed by atoms with Crippen LogP contribution in [0.15, 0.2) is 23.5 Å². The van der Waals surface area contributed by atoms with Crippen LogP contribution < -0.4 is 10.9 Å². The van der Waals surface area contributed by atoms with Gasteiger partial charge in [-0.25, -0.2) is 4.98 Å². The zero-order valence-corrected chi connectivity index (χ0v) is 8.14. The molecule has 0 bridgehead atoms. The van der Waals surface area contributed by atoms with E-state index in [1.165, 1.54) is 12.4 Å². The number of aryl methyl sites for hydroxylation is 1. The molecule has 0 atom stereocenters. The Bertz CT molecular complexity index is 502. The minimum absolute atomic E-state index is 0.250. The predicted octanol–water partition coefficient (Wildman–Crippen LogP) is -0.490. The number of aromatic amines is 1. The van der Waals surface area contributed by atoms with Gasteiger partial charge in [-0.15, -0.1) is 10.2 Å². The Balaban J connectivity index is 2.09. The van der Waals surface area contributed by atoms with Gasteiger partial charge in [-0.05, 0) is 0 Å². The summed E-state index contributed by atoms with van der Waals surface area (Å²) < 4.78 is 1.77. The molecule has 2 N–H and O–H groups in total. The summed E-state index contributed by atoms with van der Waals surface area (Å²) in [6, 6.07) is 0. The van der Waals surface area contributed by atoms with Gasteiger partial charge in [-0.2, -0.15) is 0 Å². The molecule has 7 heteroatoms. The molecular formula is C8H10N6O. The van der Waals surface area contributed by atoms with E-state index in [1.807, 2.05) is 7.05 Å².